The zero-order chi connectivity index (χ0) is 15.0. The SMILES string of the molecule is CCNc1cc(NCCCCSC)nc(C(C)(C)C)n1. The Bertz CT molecular complexity index is 401. The number of thioether (sulfide) groups is 1. The van der Waals surface area contributed by atoms with Gasteiger partial charge in [0, 0.05) is 24.6 Å². The molecule has 0 aliphatic rings. The third-order valence-electron chi connectivity index (χ3n) is 2.84. The first-order chi connectivity index (χ1) is 9.47. The van der Waals surface area contributed by atoms with Crippen LogP contribution < -0.4 is 10.6 Å². The van der Waals surface area contributed by atoms with Crippen molar-refractivity contribution in [3.8, 4) is 0 Å². The van der Waals surface area contributed by atoms with E-state index in [1.165, 1.54) is 18.6 Å². The van der Waals surface area contributed by atoms with E-state index in [-0.39, 0.29) is 5.41 Å². The van der Waals surface area contributed by atoms with Gasteiger partial charge in [-0.15, -0.1) is 0 Å². The van der Waals surface area contributed by atoms with Crippen molar-refractivity contribution in [3.63, 3.8) is 0 Å². The molecule has 0 saturated carbocycles. The maximum atomic E-state index is 4.64. The number of nitrogens with one attached hydrogen (secondary N) is 2. The molecule has 1 rings (SSSR count). The molecule has 0 saturated heterocycles. The number of nitrogens with zero attached hydrogens (tertiary/aromatic N) is 2. The minimum Gasteiger partial charge on any atom is -0.370 e. The van der Waals surface area contributed by atoms with E-state index in [9.17, 15) is 0 Å². The van der Waals surface area contributed by atoms with Gasteiger partial charge in [-0.2, -0.15) is 11.8 Å². The third kappa shape index (κ3) is 5.99. The van der Waals surface area contributed by atoms with E-state index in [1.807, 2.05) is 17.8 Å². The van der Waals surface area contributed by atoms with E-state index in [0.717, 1.165) is 30.5 Å². The Morgan fingerprint density at radius 2 is 1.75 bits per heavy atom. The predicted molar refractivity (Wildman–Crippen MR) is 91.0 cm³/mol. The summed E-state index contributed by atoms with van der Waals surface area (Å²) in [5.74, 6) is 3.92. The maximum Gasteiger partial charge on any atom is 0.138 e. The molecular formula is C15H28N4S. The fourth-order valence-electron chi connectivity index (χ4n) is 1.73. The Balaban J connectivity index is 2.71. The lowest BCUT2D eigenvalue weighted by atomic mass is 9.96. The Labute approximate surface area is 127 Å². The van der Waals surface area contributed by atoms with E-state index >= 15 is 0 Å². The van der Waals surface area contributed by atoms with Crippen molar-refractivity contribution in [2.75, 3.05) is 35.7 Å². The van der Waals surface area contributed by atoms with Crippen LogP contribution in [0.15, 0.2) is 6.07 Å². The molecule has 1 aromatic rings. The fourth-order valence-corrected chi connectivity index (χ4v) is 2.23. The molecule has 0 unspecified atom stereocenters. The van der Waals surface area contributed by atoms with Gasteiger partial charge in [0.2, 0.25) is 0 Å². The van der Waals surface area contributed by atoms with E-state index in [1.54, 1.807) is 0 Å². The van der Waals surface area contributed by atoms with Crippen LogP contribution in [0.4, 0.5) is 11.6 Å². The molecule has 0 aliphatic heterocycles. The van der Waals surface area contributed by atoms with Crippen molar-refractivity contribution >= 4 is 23.4 Å². The van der Waals surface area contributed by atoms with Crippen molar-refractivity contribution < 1.29 is 0 Å². The minimum atomic E-state index is -0.0410. The molecule has 0 spiro atoms. The molecule has 1 heterocycles. The molecule has 2 N–H and O–H groups in total. The number of unbranched alkanes of at least 4 members (excludes halogenated alkanes) is 1. The second-order valence-electron chi connectivity index (χ2n) is 5.87. The van der Waals surface area contributed by atoms with Crippen molar-refractivity contribution in [2.24, 2.45) is 0 Å². The Morgan fingerprint density at radius 3 is 2.30 bits per heavy atom. The summed E-state index contributed by atoms with van der Waals surface area (Å²) in [7, 11) is 0. The monoisotopic (exact) mass is 296 g/mol. The molecule has 0 atom stereocenters. The third-order valence-corrected chi connectivity index (χ3v) is 3.53. The lowest BCUT2D eigenvalue weighted by Gasteiger charge is -2.19. The molecule has 1 aromatic heterocycles. The zero-order valence-corrected chi connectivity index (χ0v) is 14.2. The second kappa shape index (κ2) is 8.35. The predicted octanol–water partition coefficient (Wildman–Crippen LogP) is 3.76. The fraction of sp³-hybridized carbons (Fsp3) is 0.733. The molecule has 5 heteroatoms. The van der Waals surface area contributed by atoms with Gasteiger partial charge in [-0.3, -0.25) is 0 Å². The summed E-state index contributed by atoms with van der Waals surface area (Å²) in [5, 5.41) is 6.69. The number of aromatic nitrogens is 2. The van der Waals surface area contributed by atoms with E-state index < -0.39 is 0 Å². The number of anilines is 2. The molecule has 0 fully saturated rings. The molecule has 0 aromatic carbocycles. The van der Waals surface area contributed by atoms with Gasteiger partial charge < -0.3 is 10.6 Å². The zero-order valence-electron chi connectivity index (χ0n) is 13.4. The van der Waals surface area contributed by atoms with Gasteiger partial charge in [0.05, 0.1) is 0 Å². The van der Waals surface area contributed by atoms with E-state index in [2.05, 4.69) is 54.6 Å². The van der Waals surface area contributed by atoms with E-state index in [4.69, 9.17) is 0 Å². The summed E-state index contributed by atoms with van der Waals surface area (Å²) < 4.78 is 0. The van der Waals surface area contributed by atoms with Crippen LogP contribution >= 0.6 is 11.8 Å². The Kier molecular flexibility index (Phi) is 7.13. The first kappa shape index (κ1) is 17.1. The van der Waals surface area contributed by atoms with Gasteiger partial charge in [0.15, 0.2) is 0 Å². The summed E-state index contributed by atoms with van der Waals surface area (Å²) >= 11 is 1.90. The Hall–Kier alpha value is -0.970. The average Bonchev–Trinajstić information content (AvgIpc) is 2.38. The number of hydrogen-bond donors (Lipinski definition) is 2. The summed E-state index contributed by atoms with van der Waals surface area (Å²) in [4.78, 5) is 9.22. The van der Waals surface area contributed by atoms with E-state index in [0.29, 0.717) is 0 Å². The van der Waals surface area contributed by atoms with Gasteiger partial charge in [0.25, 0.3) is 0 Å². The molecule has 4 nitrogen and oxygen atoms in total. The van der Waals surface area contributed by atoms with Crippen LogP contribution in [0, 0.1) is 0 Å². The average molecular weight is 296 g/mol. The van der Waals surface area contributed by atoms with Crippen LogP contribution in [0.25, 0.3) is 0 Å². The summed E-state index contributed by atoms with van der Waals surface area (Å²) in [5.41, 5.74) is -0.0410. The van der Waals surface area contributed by atoms with Crippen LogP contribution in [0.2, 0.25) is 0 Å². The maximum absolute atomic E-state index is 4.64. The molecule has 0 radical (unpaired) electrons. The quantitative estimate of drug-likeness (QED) is 0.715. The lowest BCUT2D eigenvalue weighted by Crippen LogP contribution is -2.19. The van der Waals surface area contributed by atoms with Gasteiger partial charge in [-0.25, -0.2) is 9.97 Å². The first-order valence-electron chi connectivity index (χ1n) is 7.33. The van der Waals surface area contributed by atoms with Crippen molar-refractivity contribution in [2.45, 2.75) is 46.0 Å². The molecule has 20 heavy (non-hydrogen) atoms. The second-order valence-corrected chi connectivity index (χ2v) is 6.85. The number of rotatable bonds is 8. The van der Waals surface area contributed by atoms with Crippen LogP contribution in [-0.4, -0.2) is 35.1 Å². The highest BCUT2D eigenvalue weighted by molar-refractivity contribution is 7.98. The van der Waals surface area contributed by atoms with Crippen LogP contribution in [0.5, 0.6) is 0 Å². The summed E-state index contributed by atoms with van der Waals surface area (Å²) in [6, 6.07) is 1.99. The highest BCUT2D eigenvalue weighted by Gasteiger charge is 2.18. The summed E-state index contributed by atoms with van der Waals surface area (Å²) in [6.07, 6.45) is 4.56. The smallest absolute Gasteiger partial charge is 0.138 e. The van der Waals surface area contributed by atoms with Gasteiger partial charge >= 0.3 is 0 Å². The standard InChI is InChI=1S/C15H28N4S/c1-6-16-12-11-13(17-9-7-8-10-20-5)19-14(18-12)15(2,3)4/h11H,6-10H2,1-5H3,(H2,16,17,18,19). The molecule has 0 bridgehead atoms. The van der Waals surface area contributed by atoms with Crippen molar-refractivity contribution in [1.82, 2.24) is 9.97 Å². The highest BCUT2D eigenvalue weighted by atomic mass is 32.2. The minimum absolute atomic E-state index is 0.0410. The summed E-state index contributed by atoms with van der Waals surface area (Å²) in [6.45, 7) is 10.3. The van der Waals surface area contributed by atoms with Crippen molar-refractivity contribution in [3.05, 3.63) is 11.9 Å². The van der Waals surface area contributed by atoms with Crippen molar-refractivity contribution in [1.29, 1.82) is 0 Å². The van der Waals surface area contributed by atoms with Gasteiger partial charge in [-0.1, -0.05) is 20.8 Å². The molecular weight excluding hydrogens is 268 g/mol. The molecule has 0 amide bonds. The van der Waals surface area contributed by atoms with Gasteiger partial charge in [-0.05, 0) is 31.8 Å². The topological polar surface area (TPSA) is 49.8 Å². The normalized spacial score (nSPS) is 11.4. The van der Waals surface area contributed by atoms with Gasteiger partial charge in [0.1, 0.15) is 17.5 Å². The van der Waals surface area contributed by atoms with Crippen LogP contribution in [0.1, 0.15) is 46.4 Å². The van der Waals surface area contributed by atoms with Crippen LogP contribution in [0.3, 0.4) is 0 Å². The highest BCUT2D eigenvalue weighted by Crippen LogP contribution is 2.22. The first-order valence-corrected chi connectivity index (χ1v) is 8.73. The largest absolute Gasteiger partial charge is 0.370 e. The molecule has 114 valence electrons. The molecule has 0 aliphatic carbocycles. The number of hydrogen-bond acceptors (Lipinski definition) is 5. The van der Waals surface area contributed by atoms with Crippen LogP contribution in [-0.2, 0) is 5.41 Å². The Morgan fingerprint density at radius 1 is 1.10 bits per heavy atom. The lowest BCUT2D eigenvalue weighted by molar-refractivity contribution is 0.546.